The van der Waals surface area contributed by atoms with Crippen LogP contribution in [0.4, 0.5) is 0 Å². The summed E-state index contributed by atoms with van der Waals surface area (Å²) in [6.07, 6.45) is 2.37. The van der Waals surface area contributed by atoms with Gasteiger partial charge >= 0.3 is 0 Å². The smallest absolute Gasteiger partial charge is 0.257 e. The molecule has 0 saturated carbocycles. The molecule has 0 spiro atoms. The van der Waals surface area contributed by atoms with Crippen LogP contribution in [0.25, 0.3) is 0 Å². The molecule has 2 N–H and O–H groups in total. The molecule has 0 aromatic heterocycles. The average molecular weight is 422 g/mol. The number of carbonyl (C=O) groups is 1. The number of ether oxygens (including phenoxy) is 3. The molecule has 3 fully saturated rings. The van der Waals surface area contributed by atoms with E-state index in [0.717, 1.165) is 19.6 Å². The van der Waals surface area contributed by atoms with Gasteiger partial charge in [-0.25, -0.2) is 0 Å². The molecule has 3 heterocycles. The first kappa shape index (κ1) is 21.6. The predicted molar refractivity (Wildman–Crippen MR) is 116 cm³/mol. The van der Waals surface area contributed by atoms with Crippen molar-refractivity contribution in [3.63, 3.8) is 0 Å². The second-order valence-corrected chi connectivity index (χ2v) is 7.68. The zero-order valence-corrected chi connectivity index (χ0v) is 18.3. The first-order valence-electron chi connectivity index (χ1n) is 10.5. The molecule has 1 atom stereocenters. The fraction of sp³-hybridized carbons (Fsp3) is 0.619. The quantitative estimate of drug-likeness (QED) is 0.625. The molecule has 3 aliphatic rings. The van der Waals surface area contributed by atoms with Gasteiger partial charge in [-0.3, -0.25) is 10.1 Å². The monoisotopic (exact) mass is 421 g/mol. The maximum Gasteiger partial charge on any atom is 0.257 e. The fourth-order valence-corrected chi connectivity index (χ4v) is 4.27. The molecule has 1 amide bonds. The van der Waals surface area contributed by atoms with E-state index in [4.69, 9.17) is 26.4 Å². The third-order valence-electron chi connectivity index (χ3n) is 5.37. The van der Waals surface area contributed by atoms with E-state index in [2.05, 4.69) is 15.5 Å². The summed E-state index contributed by atoms with van der Waals surface area (Å²) in [5, 5.41) is 6.50. The minimum atomic E-state index is -0.297. The molecule has 2 bridgehead atoms. The number of carbonyl (C=O) groups excluding carboxylic acids is 1. The topological polar surface area (TPSA) is 72.1 Å². The molecule has 4 rings (SSSR count). The Kier molecular flexibility index (Phi) is 7.55. The number of hydrogen-bond donors (Lipinski definition) is 2. The van der Waals surface area contributed by atoms with Gasteiger partial charge in [-0.15, -0.1) is 0 Å². The molecular weight excluding hydrogens is 390 g/mol. The van der Waals surface area contributed by atoms with Crippen molar-refractivity contribution in [2.24, 2.45) is 5.92 Å². The van der Waals surface area contributed by atoms with Gasteiger partial charge in [0.1, 0.15) is 0 Å². The molecule has 1 aromatic rings. The van der Waals surface area contributed by atoms with E-state index in [-0.39, 0.29) is 5.91 Å². The number of piperidine rings is 3. The van der Waals surface area contributed by atoms with Crippen LogP contribution in [0, 0.1) is 5.92 Å². The second-order valence-electron chi connectivity index (χ2n) is 7.27. The number of nitrogens with zero attached hydrogens (tertiary/aromatic N) is 1. The number of hydrogen-bond acceptors (Lipinski definition) is 6. The number of thiocarbonyl (C=S) groups is 1. The van der Waals surface area contributed by atoms with Crippen LogP contribution >= 0.6 is 12.2 Å². The molecule has 8 heteroatoms. The minimum absolute atomic E-state index is 0.295. The van der Waals surface area contributed by atoms with E-state index in [1.807, 2.05) is 20.8 Å². The highest BCUT2D eigenvalue weighted by Gasteiger charge is 2.34. The Bertz CT molecular complexity index is 708. The number of rotatable bonds is 8. The lowest BCUT2D eigenvalue weighted by atomic mass is 9.84. The van der Waals surface area contributed by atoms with E-state index in [1.54, 1.807) is 12.1 Å². The number of amides is 1. The summed E-state index contributed by atoms with van der Waals surface area (Å²) in [5.74, 6) is 1.81. The SMILES string of the molecule is CCOc1cc(C(=O)NC(=S)NC2CN3CCC2CC3)cc(OCC)c1OCC. The van der Waals surface area contributed by atoms with E-state index >= 15 is 0 Å². The molecule has 7 nitrogen and oxygen atoms in total. The highest BCUT2D eigenvalue weighted by atomic mass is 32.1. The summed E-state index contributed by atoms with van der Waals surface area (Å²) >= 11 is 5.41. The van der Waals surface area contributed by atoms with Gasteiger partial charge in [0, 0.05) is 18.2 Å². The first-order chi connectivity index (χ1) is 14.0. The third kappa shape index (κ3) is 5.30. The van der Waals surface area contributed by atoms with Crippen molar-refractivity contribution >= 4 is 23.2 Å². The maximum atomic E-state index is 12.8. The van der Waals surface area contributed by atoms with Gasteiger partial charge in [0.2, 0.25) is 5.75 Å². The Hall–Kier alpha value is -2.06. The zero-order valence-electron chi connectivity index (χ0n) is 17.5. The Morgan fingerprint density at radius 1 is 1.07 bits per heavy atom. The number of benzene rings is 1. The standard InChI is InChI=1S/C21H31N3O4S/c1-4-26-17-11-15(12-18(27-5-2)19(17)28-6-3)20(25)23-21(29)22-16-13-24-9-7-14(16)8-10-24/h11-12,14,16H,4-10,13H2,1-3H3,(H2,22,23,25,29). The van der Waals surface area contributed by atoms with E-state index in [0.29, 0.717) is 59.7 Å². The lowest BCUT2D eigenvalue weighted by molar-refractivity contribution is 0.0807. The Balaban J connectivity index is 1.71. The van der Waals surface area contributed by atoms with Crippen LogP contribution in [0.2, 0.25) is 0 Å². The normalized spacial score (nSPS) is 22.7. The van der Waals surface area contributed by atoms with Crippen molar-refractivity contribution in [3.8, 4) is 17.2 Å². The van der Waals surface area contributed by atoms with E-state index in [1.165, 1.54) is 12.8 Å². The predicted octanol–water partition coefficient (Wildman–Crippen LogP) is 2.58. The summed E-state index contributed by atoms with van der Waals surface area (Å²) in [4.78, 5) is 15.3. The first-order valence-corrected chi connectivity index (χ1v) is 10.9. The van der Waals surface area contributed by atoms with Gasteiger partial charge in [0.05, 0.1) is 19.8 Å². The fourth-order valence-electron chi connectivity index (χ4n) is 4.03. The van der Waals surface area contributed by atoms with Gasteiger partial charge in [-0.1, -0.05) is 0 Å². The van der Waals surface area contributed by atoms with Crippen molar-refractivity contribution < 1.29 is 19.0 Å². The van der Waals surface area contributed by atoms with Gasteiger partial charge in [-0.05, 0) is 77.0 Å². The minimum Gasteiger partial charge on any atom is -0.490 e. The van der Waals surface area contributed by atoms with Crippen LogP contribution in [0.15, 0.2) is 12.1 Å². The van der Waals surface area contributed by atoms with Crippen LogP contribution in [0.1, 0.15) is 44.0 Å². The summed E-state index contributed by atoms with van der Waals surface area (Å²) in [7, 11) is 0. The summed E-state index contributed by atoms with van der Waals surface area (Å²) in [6.45, 7) is 10.3. The van der Waals surface area contributed by atoms with Crippen LogP contribution in [0.3, 0.4) is 0 Å². The number of nitrogens with one attached hydrogen (secondary N) is 2. The molecular formula is C21H31N3O4S. The molecule has 3 aliphatic heterocycles. The van der Waals surface area contributed by atoms with Gasteiger partial charge in [-0.2, -0.15) is 0 Å². The Morgan fingerprint density at radius 3 is 2.14 bits per heavy atom. The molecule has 29 heavy (non-hydrogen) atoms. The van der Waals surface area contributed by atoms with Gasteiger partial charge in [0.25, 0.3) is 5.91 Å². The van der Waals surface area contributed by atoms with E-state index in [9.17, 15) is 4.79 Å². The lowest BCUT2D eigenvalue weighted by Crippen LogP contribution is -2.59. The number of fused-ring (bicyclic) bond motifs is 3. The van der Waals surface area contributed by atoms with Crippen molar-refractivity contribution in [2.75, 3.05) is 39.5 Å². The molecule has 3 saturated heterocycles. The van der Waals surface area contributed by atoms with Crippen LogP contribution in [0.5, 0.6) is 17.2 Å². The van der Waals surface area contributed by atoms with Crippen LogP contribution in [-0.2, 0) is 0 Å². The molecule has 1 unspecified atom stereocenters. The average Bonchev–Trinajstić information content (AvgIpc) is 2.71. The van der Waals surface area contributed by atoms with Crippen molar-refractivity contribution in [2.45, 2.75) is 39.7 Å². The van der Waals surface area contributed by atoms with Gasteiger partial charge < -0.3 is 24.4 Å². The Labute approximate surface area is 178 Å². The summed E-state index contributed by atoms with van der Waals surface area (Å²) in [6, 6.07) is 3.63. The lowest BCUT2D eigenvalue weighted by Gasteiger charge is -2.45. The van der Waals surface area contributed by atoms with Crippen LogP contribution in [-0.4, -0.2) is 61.4 Å². The van der Waals surface area contributed by atoms with Gasteiger partial charge in [0.15, 0.2) is 16.6 Å². The van der Waals surface area contributed by atoms with Crippen molar-refractivity contribution in [1.82, 2.24) is 15.5 Å². The van der Waals surface area contributed by atoms with E-state index < -0.39 is 0 Å². The molecule has 160 valence electrons. The van der Waals surface area contributed by atoms with Crippen LogP contribution < -0.4 is 24.8 Å². The molecule has 0 radical (unpaired) electrons. The van der Waals surface area contributed by atoms with Crippen molar-refractivity contribution in [1.29, 1.82) is 0 Å². The maximum absolute atomic E-state index is 12.8. The highest BCUT2D eigenvalue weighted by Crippen LogP contribution is 2.39. The highest BCUT2D eigenvalue weighted by molar-refractivity contribution is 7.80. The summed E-state index contributed by atoms with van der Waals surface area (Å²) in [5.41, 5.74) is 0.415. The molecule has 1 aromatic carbocycles. The summed E-state index contributed by atoms with van der Waals surface area (Å²) < 4.78 is 17.1. The molecule has 0 aliphatic carbocycles. The largest absolute Gasteiger partial charge is 0.490 e. The van der Waals surface area contributed by atoms with Crippen molar-refractivity contribution in [3.05, 3.63) is 17.7 Å². The Morgan fingerprint density at radius 2 is 1.66 bits per heavy atom. The second kappa shape index (κ2) is 10.1. The zero-order chi connectivity index (χ0) is 20.8. The third-order valence-corrected chi connectivity index (χ3v) is 5.59.